The second-order valence-electron chi connectivity index (χ2n) is 4.76. The summed E-state index contributed by atoms with van der Waals surface area (Å²) in [5.41, 5.74) is 1.12. The van der Waals surface area contributed by atoms with Crippen LogP contribution in [0.5, 0.6) is 5.75 Å². The summed E-state index contributed by atoms with van der Waals surface area (Å²) in [6.45, 7) is 3.29. The van der Waals surface area contributed by atoms with E-state index >= 15 is 0 Å². The summed E-state index contributed by atoms with van der Waals surface area (Å²) in [5.74, 6) is 2.03. The molecular formula is C16H23N2O+. The lowest BCUT2D eigenvalue weighted by atomic mass is 10.1. The van der Waals surface area contributed by atoms with Gasteiger partial charge in [-0.05, 0) is 25.0 Å². The number of benzene rings is 1. The van der Waals surface area contributed by atoms with Gasteiger partial charge in [0.05, 0.1) is 13.7 Å². The van der Waals surface area contributed by atoms with Gasteiger partial charge in [-0.3, -0.25) is 0 Å². The third-order valence-corrected chi connectivity index (χ3v) is 3.38. The first kappa shape index (κ1) is 13.7. The lowest BCUT2D eigenvalue weighted by Gasteiger charge is -2.06. The predicted octanol–water partition coefficient (Wildman–Crippen LogP) is 3.56. The number of ether oxygens (including phenoxy) is 1. The van der Waals surface area contributed by atoms with Crippen molar-refractivity contribution in [1.29, 1.82) is 0 Å². The maximum absolute atomic E-state index is 5.43. The highest BCUT2D eigenvalue weighted by molar-refractivity contribution is 5.61. The van der Waals surface area contributed by atoms with E-state index in [4.69, 9.17) is 4.74 Å². The van der Waals surface area contributed by atoms with Crippen molar-refractivity contribution >= 4 is 0 Å². The molecule has 0 aliphatic carbocycles. The van der Waals surface area contributed by atoms with E-state index in [1.807, 2.05) is 24.4 Å². The van der Waals surface area contributed by atoms with Crippen molar-refractivity contribution in [3.05, 3.63) is 36.7 Å². The topological polar surface area (TPSA) is 28.9 Å². The maximum atomic E-state index is 5.43. The minimum Gasteiger partial charge on any atom is -0.496 e. The van der Waals surface area contributed by atoms with Crippen LogP contribution in [0.15, 0.2) is 36.7 Å². The van der Waals surface area contributed by atoms with Gasteiger partial charge in [-0.2, -0.15) is 0 Å². The van der Waals surface area contributed by atoms with Gasteiger partial charge in [-0.25, -0.2) is 9.55 Å². The Morgan fingerprint density at radius 1 is 1.16 bits per heavy atom. The number of para-hydroxylation sites is 1. The van der Waals surface area contributed by atoms with E-state index in [2.05, 4.69) is 28.7 Å². The first-order valence-electron chi connectivity index (χ1n) is 7.07. The van der Waals surface area contributed by atoms with Gasteiger partial charge < -0.3 is 4.74 Å². The number of H-pyrrole nitrogens is 1. The smallest absolute Gasteiger partial charge is 0.290 e. The number of hydrogen-bond donors (Lipinski definition) is 1. The second-order valence-corrected chi connectivity index (χ2v) is 4.76. The van der Waals surface area contributed by atoms with Gasteiger partial charge in [0, 0.05) is 0 Å². The first-order valence-corrected chi connectivity index (χ1v) is 7.07. The van der Waals surface area contributed by atoms with Crippen molar-refractivity contribution in [2.24, 2.45) is 0 Å². The molecule has 0 unspecified atom stereocenters. The third kappa shape index (κ3) is 3.37. The van der Waals surface area contributed by atoms with Crippen LogP contribution in [0.25, 0.3) is 11.4 Å². The van der Waals surface area contributed by atoms with Crippen LogP contribution in [0.4, 0.5) is 0 Å². The number of imidazole rings is 1. The van der Waals surface area contributed by atoms with Gasteiger partial charge in [0.1, 0.15) is 23.7 Å². The Morgan fingerprint density at radius 3 is 2.79 bits per heavy atom. The molecular weight excluding hydrogens is 236 g/mol. The molecule has 0 amide bonds. The minimum absolute atomic E-state index is 0.909. The van der Waals surface area contributed by atoms with E-state index in [1.54, 1.807) is 7.11 Å². The number of nitrogens with zero attached hydrogens (tertiary/aromatic N) is 1. The summed E-state index contributed by atoms with van der Waals surface area (Å²) in [6.07, 6.45) is 9.19. The lowest BCUT2D eigenvalue weighted by Crippen LogP contribution is -2.33. The fraction of sp³-hybridized carbons (Fsp3) is 0.438. The van der Waals surface area contributed by atoms with Gasteiger partial charge in [0.25, 0.3) is 5.82 Å². The van der Waals surface area contributed by atoms with Crippen LogP contribution in [0, 0.1) is 0 Å². The molecule has 0 atom stereocenters. The van der Waals surface area contributed by atoms with Gasteiger partial charge >= 0.3 is 0 Å². The highest BCUT2D eigenvalue weighted by Gasteiger charge is 2.16. The number of rotatable bonds is 7. The number of aromatic nitrogens is 2. The van der Waals surface area contributed by atoms with Gasteiger partial charge in [0.2, 0.25) is 0 Å². The zero-order valence-electron chi connectivity index (χ0n) is 11.9. The molecule has 0 aliphatic heterocycles. The maximum Gasteiger partial charge on any atom is 0.290 e. The average molecular weight is 259 g/mol. The van der Waals surface area contributed by atoms with Crippen LogP contribution < -0.4 is 9.30 Å². The molecule has 2 rings (SSSR count). The van der Waals surface area contributed by atoms with Crippen LogP contribution in [-0.4, -0.2) is 12.1 Å². The molecule has 0 saturated carbocycles. The number of nitrogens with one attached hydrogen (secondary N) is 1. The molecule has 0 fully saturated rings. The Morgan fingerprint density at radius 2 is 2.00 bits per heavy atom. The average Bonchev–Trinajstić information content (AvgIpc) is 2.92. The SMILES string of the molecule is CCCCCC[n+]1cc[nH]c1-c1ccccc1OC. The number of hydrogen-bond acceptors (Lipinski definition) is 1. The van der Waals surface area contributed by atoms with E-state index in [9.17, 15) is 0 Å². The number of unbranched alkanes of at least 4 members (excludes halogenated alkanes) is 3. The molecule has 3 heteroatoms. The van der Waals surface area contributed by atoms with Gasteiger partial charge in [-0.1, -0.05) is 31.9 Å². The number of aromatic amines is 1. The molecule has 0 spiro atoms. The molecule has 1 heterocycles. The van der Waals surface area contributed by atoms with Crippen molar-refractivity contribution in [2.75, 3.05) is 7.11 Å². The fourth-order valence-corrected chi connectivity index (χ4v) is 2.33. The minimum atomic E-state index is 0.909. The number of aryl methyl sites for hydroxylation is 1. The molecule has 0 radical (unpaired) electrons. The Bertz CT molecular complexity index is 505. The summed E-state index contributed by atoms with van der Waals surface area (Å²) in [5, 5.41) is 0. The van der Waals surface area contributed by atoms with Crippen molar-refractivity contribution in [3.63, 3.8) is 0 Å². The van der Waals surface area contributed by atoms with E-state index < -0.39 is 0 Å². The van der Waals surface area contributed by atoms with Crippen LogP contribution in [0.3, 0.4) is 0 Å². The van der Waals surface area contributed by atoms with E-state index in [0.717, 1.165) is 23.7 Å². The molecule has 0 saturated heterocycles. The Balaban J connectivity index is 2.14. The molecule has 2 aromatic rings. The molecule has 1 aromatic heterocycles. The molecule has 19 heavy (non-hydrogen) atoms. The predicted molar refractivity (Wildman–Crippen MR) is 77.1 cm³/mol. The van der Waals surface area contributed by atoms with E-state index in [-0.39, 0.29) is 0 Å². The first-order chi connectivity index (χ1) is 9.36. The Hall–Kier alpha value is -1.77. The van der Waals surface area contributed by atoms with Crippen LogP contribution in [0.1, 0.15) is 32.6 Å². The van der Waals surface area contributed by atoms with E-state index in [0.29, 0.717) is 0 Å². The Kier molecular flexibility index (Phi) is 5.01. The normalized spacial score (nSPS) is 10.6. The summed E-state index contributed by atoms with van der Waals surface area (Å²) < 4.78 is 7.71. The van der Waals surface area contributed by atoms with Crippen molar-refractivity contribution in [3.8, 4) is 17.1 Å². The summed E-state index contributed by atoms with van der Waals surface area (Å²) in [7, 11) is 1.72. The summed E-state index contributed by atoms with van der Waals surface area (Å²) in [4.78, 5) is 3.32. The van der Waals surface area contributed by atoms with Crippen LogP contribution in [-0.2, 0) is 6.54 Å². The monoisotopic (exact) mass is 259 g/mol. The standard InChI is InChI=1S/C16H22N2O/c1-3-4-5-8-12-18-13-11-17-16(18)14-9-6-7-10-15(14)19-2/h6-7,9-11,13H,3-5,8,12H2,1-2H3/p+1. The molecule has 102 valence electrons. The van der Waals surface area contributed by atoms with Crippen LogP contribution >= 0.6 is 0 Å². The quantitative estimate of drug-likeness (QED) is 0.598. The second kappa shape index (κ2) is 6.98. The van der Waals surface area contributed by atoms with E-state index in [1.165, 1.54) is 25.7 Å². The van der Waals surface area contributed by atoms with Crippen LogP contribution in [0.2, 0.25) is 0 Å². The molecule has 0 bridgehead atoms. The Labute approximate surface area is 115 Å². The largest absolute Gasteiger partial charge is 0.496 e. The highest BCUT2D eigenvalue weighted by atomic mass is 16.5. The lowest BCUT2D eigenvalue weighted by molar-refractivity contribution is -0.685. The molecule has 1 aromatic carbocycles. The summed E-state index contributed by atoms with van der Waals surface area (Å²) >= 11 is 0. The summed E-state index contributed by atoms with van der Waals surface area (Å²) in [6, 6.07) is 8.13. The number of methoxy groups -OCH3 is 1. The highest BCUT2D eigenvalue weighted by Crippen LogP contribution is 2.25. The third-order valence-electron chi connectivity index (χ3n) is 3.38. The van der Waals surface area contributed by atoms with Crippen molar-refractivity contribution in [2.45, 2.75) is 39.2 Å². The molecule has 1 N–H and O–H groups in total. The zero-order chi connectivity index (χ0) is 13.5. The van der Waals surface area contributed by atoms with Gasteiger partial charge in [0.15, 0.2) is 0 Å². The molecule has 0 aliphatic rings. The fourth-order valence-electron chi connectivity index (χ4n) is 2.33. The zero-order valence-corrected chi connectivity index (χ0v) is 11.9. The molecule has 3 nitrogen and oxygen atoms in total. The van der Waals surface area contributed by atoms with Crippen molar-refractivity contribution < 1.29 is 9.30 Å². The van der Waals surface area contributed by atoms with Gasteiger partial charge in [-0.15, -0.1) is 0 Å². The van der Waals surface area contributed by atoms with Crippen molar-refractivity contribution in [1.82, 2.24) is 4.98 Å².